The lowest BCUT2D eigenvalue weighted by Crippen LogP contribution is -2.29. The van der Waals surface area contributed by atoms with Gasteiger partial charge >= 0.3 is 0 Å². The number of benzene rings is 1. The number of carbonyl (C=O) groups is 1. The molecular formula is C21H18Cl2O3S. The van der Waals surface area contributed by atoms with Crippen molar-refractivity contribution in [3.8, 4) is 11.1 Å². The molecular weight excluding hydrogens is 403 g/mol. The minimum absolute atomic E-state index is 0.0194. The fourth-order valence-corrected chi connectivity index (χ4v) is 6.42. The molecule has 5 rings (SSSR count). The first-order valence-corrected chi connectivity index (χ1v) is 10.8. The van der Waals surface area contributed by atoms with Crippen molar-refractivity contribution in [2.45, 2.75) is 38.4 Å². The molecule has 0 spiro atoms. The third kappa shape index (κ3) is 2.54. The molecule has 1 aromatic heterocycles. The van der Waals surface area contributed by atoms with E-state index < -0.39 is 0 Å². The van der Waals surface area contributed by atoms with E-state index in [1.807, 2.05) is 24.3 Å². The summed E-state index contributed by atoms with van der Waals surface area (Å²) >= 11 is 13.8. The summed E-state index contributed by atoms with van der Waals surface area (Å²) < 4.78 is 7.13. The predicted octanol–water partition coefficient (Wildman–Crippen LogP) is 5.93. The Morgan fingerprint density at radius 3 is 2.52 bits per heavy atom. The maximum absolute atomic E-state index is 13.2. The van der Waals surface area contributed by atoms with Crippen molar-refractivity contribution in [3.05, 3.63) is 49.8 Å². The molecule has 1 N–H and O–H groups in total. The van der Waals surface area contributed by atoms with Gasteiger partial charge in [0.25, 0.3) is 0 Å². The maximum atomic E-state index is 13.2. The Labute approximate surface area is 171 Å². The van der Waals surface area contributed by atoms with Gasteiger partial charge in [-0.15, -0.1) is 11.3 Å². The Morgan fingerprint density at radius 2 is 1.89 bits per heavy atom. The highest BCUT2D eigenvalue weighted by atomic mass is 35.5. The van der Waals surface area contributed by atoms with Crippen LogP contribution in [0.2, 0.25) is 8.67 Å². The number of aliphatic hydroxyl groups is 1. The summed E-state index contributed by atoms with van der Waals surface area (Å²) in [7, 11) is 0. The molecule has 0 radical (unpaired) electrons. The van der Waals surface area contributed by atoms with Crippen LogP contribution in [0.4, 0.5) is 0 Å². The van der Waals surface area contributed by atoms with E-state index in [0.717, 1.165) is 41.5 Å². The molecule has 3 heterocycles. The van der Waals surface area contributed by atoms with Crippen LogP contribution >= 0.6 is 34.5 Å². The van der Waals surface area contributed by atoms with Crippen LogP contribution in [0.1, 0.15) is 30.9 Å². The monoisotopic (exact) mass is 420 g/mol. The number of ether oxygens (including phenoxy) is 1. The Bertz CT molecular complexity index is 993. The third-order valence-corrected chi connectivity index (χ3v) is 7.61. The SMILES string of the molecule is CCc1ccc(-c2cc(Cl)sc2Cl)cc1C1=C(O)[C@@H]2C3CCC(O3)[C@@H]2C1=O. The van der Waals surface area contributed by atoms with E-state index in [0.29, 0.717) is 14.2 Å². The van der Waals surface area contributed by atoms with Crippen molar-refractivity contribution in [2.75, 3.05) is 0 Å². The molecule has 1 aromatic carbocycles. The minimum Gasteiger partial charge on any atom is -0.511 e. The first-order valence-electron chi connectivity index (χ1n) is 9.21. The van der Waals surface area contributed by atoms with Crippen LogP contribution < -0.4 is 0 Å². The maximum Gasteiger partial charge on any atom is 0.173 e. The number of fused-ring (bicyclic) bond motifs is 5. The second-order valence-corrected chi connectivity index (χ2v) is 9.72. The van der Waals surface area contributed by atoms with Crippen molar-refractivity contribution in [1.82, 2.24) is 0 Å². The molecule has 140 valence electrons. The molecule has 3 aliphatic rings. The number of aliphatic hydroxyl groups excluding tert-OH is 1. The predicted molar refractivity (Wildman–Crippen MR) is 109 cm³/mol. The van der Waals surface area contributed by atoms with E-state index in [2.05, 4.69) is 6.92 Å². The zero-order valence-corrected chi connectivity index (χ0v) is 17.0. The average Bonchev–Trinajstić information content (AvgIpc) is 3.39. The topological polar surface area (TPSA) is 46.5 Å². The highest BCUT2D eigenvalue weighted by Gasteiger charge is 2.59. The van der Waals surface area contributed by atoms with Crippen LogP contribution in [0.15, 0.2) is 30.0 Å². The van der Waals surface area contributed by atoms with Crippen LogP contribution in [-0.2, 0) is 16.0 Å². The first-order chi connectivity index (χ1) is 13.0. The molecule has 2 aromatic rings. The van der Waals surface area contributed by atoms with E-state index in [1.54, 1.807) is 0 Å². The molecule has 4 atom stereocenters. The lowest BCUT2D eigenvalue weighted by Gasteiger charge is -2.19. The molecule has 27 heavy (non-hydrogen) atoms. The van der Waals surface area contributed by atoms with E-state index >= 15 is 0 Å². The number of thiophene rings is 1. The summed E-state index contributed by atoms with van der Waals surface area (Å²) in [5.41, 5.74) is 4.08. The lowest BCUT2D eigenvalue weighted by atomic mass is 9.80. The largest absolute Gasteiger partial charge is 0.511 e. The van der Waals surface area contributed by atoms with E-state index in [-0.39, 0.29) is 35.6 Å². The first kappa shape index (κ1) is 17.7. The lowest BCUT2D eigenvalue weighted by molar-refractivity contribution is -0.118. The van der Waals surface area contributed by atoms with Crippen LogP contribution in [0.3, 0.4) is 0 Å². The summed E-state index contributed by atoms with van der Waals surface area (Å²) in [5.74, 6) is -0.186. The van der Waals surface area contributed by atoms with Gasteiger partial charge in [0, 0.05) is 5.56 Å². The van der Waals surface area contributed by atoms with Crippen LogP contribution in [0, 0.1) is 11.8 Å². The van der Waals surface area contributed by atoms with Gasteiger partial charge in [-0.2, -0.15) is 0 Å². The Kier molecular flexibility index (Phi) is 4.17. The van der Waals surface area contributed by atoms with Gasteiger partial charge in [-0.05, 0) is 48.1 Å². The molecule has 0 amide bonds. The normalized spacial score (nSPS) is 29.1. The summed E-state index contributed by atoms with van der Waals surface area (Å²) in [6.07, 6.45) is 2.52. The van der Waals surface area contributed by atoms with Crippen LogP contribution in [-0.4, -0.2) is 23.1 Å². The standard InChI is InChI=1S/C21H18Cl2O3S/c1-2-9-3-4-10(12-8-15(22)27-21(12)23)7-11(9)16-19(24)17-13-5-6-14(26-13)18(17)20(16)25/h3-4,7-8,13-14,17-18,24H,2,5-6H2,1H3/t13?,14?,17-,18+/m1/s1. The number of hydrogen-bond donors (Lipinski definition) is 1. The summed E-state index contributed by atoms with van der Waals surface area (Å²) in [5, 5.41) is 11.0. The van der Waals surface area contributed by atoms with Crippen molar-refractivity contribution >= 4 is 45.9 Å². The molecule has 2 unspecified atom stereocenters. The van der Waals surface area contributed by atoms with Gasteiger partial charge in [-0.25, -0.2) is 0 Å². The van der Waals surface area contributed by atoms with Crippen LogP contribution in [0.5, 0.6) is 0 Å². The van der Waals surface area contributed by atoms with E-state index in [1.165, 1.54) is 11.3 Å². The molecule has 6 heteroatoms. The van der Waals surface area contributed by atoms with Crippen LogP contribution in [0.25, 0.3) is 16.7 Å². The van der Waals surface area contributed by atoms with Crippen molar-refractivity contribution < 1.29 is 14.6 Å². The second kappa shape index (κ2) is 6.35. The number of Topliss-reactive ketones (excluding diaryl/α,β-unsaturated/α-hetero) is 1. The Hall–Kier alpha value is -1.33. The summed E-state index contributed by atoms with van der Waals surface area (Å²) in [4.78, 5) is 13.2. The van der Waals surface area contributed by atoms with E-state index in [9.17, 15) is 9.90 Å². The Balaban J connectivity index is 1.65. The van der Waals surface area contributed by atoms with Gasteiger partial charge in [0.1, 0.15) is 10.1 Å². The number of carbonyl (C=O) groups excluding carboxylic acids is 1. The molecule has 2 fully saturated rings. The average molecular weight is 421 g/mol. The van der Waals surface area contributed by atoms with Crippen molar-refractivity contribution in [3.63, 3.8) is 0 Å². The number of aryl methyl sites for hydroxylation is 1. The van der Waals surface area contributed by atoms with Gasteiger partial charge in [0.2, 0.25) is 0 Å². The fourth-order valence-electron chi connectivity index (χ4n) is 4.91. The number of hydrogen-bond acceptors (Lipinski definition) is 4. The fraction of sp³-hybridized carbons (Fsp3) is 0.381. The van der Waals surface area contributed by atoms with E-state index in [4.69, 9.17) is 27.9 Å². The third-order valence-electron chi connectivity index (χ3n) is 6.12. The van der Waals surface area contributed by atoms with Crippen molar-refractivity contribution in [2.24, 2.45) is 11.8 Å². The number of ketones is 1. The van der Waals surface area contributed by atoms with Gasteiger partial charge in [0.05, 0.1) is 34.0 Å². The number of rotatable bonds is 3. The molecule has 2 saturated heterocycles. The van der Waals surface area contributed by atoms with Gasteiger partial charge < -0.3 is 9.84 Å². The van der Waals surface area contributed by atoms with Gasteiger partial charge in [-0.1, -0.05) is 42.3 Å². The molecule has 2 aliphatic heterocycles. The molecule has 2 bridgehead atoms. The quantitative estimate of drug-likeness (QED) is 0.668. The summed E-state index contributed by atoms with van der Waals surface area (Å²) in [6, 6.07) is 7.82. The highest BCUT2D eigenvalue weighted by Crippen LogP contribution is 2.54. The highest BCUT2D eigenvalue weighted by molar-refractivity contribution is 7.20. The van der Waals surface area contributed by atoms with Gasteiger partial charge in [0.15, 0.2) is 5.78 Å². The second-order valence-electron chi connectivity index (χ2n) is 7.43. The smallest absolute Gasteiger partial charge is 0.173 e. The molecule has 1 aliphatic carbocycles. The number of allylic oxidation sites excluding steroid dienone is 1. The molecule has 0 saturated carbocycles. The zero-order valence-electron chi connectivity index (χ0n) is 14.7. The zero-order chi connectivity index (χ0) is 18.9. The van der Waals surface area contributed by atoms with Gasteiger partial charge in [-0.3, -0.25) is 4.79 Å². The minimum atomic E-state index is -0.230. The summed E-state index contributed by atoms with van der Waals surface area (Å²) in [6.45, 7) is 2.05. The number of halogens is 2. The van der Waals surface area contributed by atoms with Crippen molar-refractivity contribution in [1.29, 1.82) is 0 Å². The molecule has 3 nitrogen and oxygen atoms in total. The Morgan fingerprint density at radius 1 is 1.15 bits per heavy atom.